The normalized spacial score (nSPS) is 10.8. The first-order valence-electron chi connectivity index (χ1n) is 4.58. The molecule has 3 N–H and O–H groups in total. The molecule has 0 aliphatic carbocycles. The van der Waals surface area contributed by atoms with Gasteiger partial charge in [0.1, 0.15) is 0 Å². The summed E-state index contributed by atoms with van der Waals surface area (Å²) in [6, 6.07) is 0. The van der Waals surface area contributed by atoms with Gasteiger partial charge in [0, 0.05) is 13.5 Å². The highest BCUT2D eigenvalue weighted by Crippen LogP contribution is 2.26. The molecule has 0 fully saturated rings. The number of aliphatic carboxylic acids is 2. The first-order chi connectivity index (χ1) is 6.86. The lowest BCUT2D eigenvalue weighted by molar-refractivity contribution is -0.165. The molecule has 0 aromatic carbocycles. The first kappa shape index (κ1) is 13.4. The van der Waals surface area contributed by atoms with Crippen LogP contribution in [0.25, 0.3) is 0 Å². The summed E-state index contributed by atoms with van der Waals surface area (Å²) in [5.74, 6) is -3.05. The van der Waals surface area contributed by atoms with Crippen LogP contribution in [0.15, 0.2) is 0 Å². The number of hydrogen-bond acceptors (Lipinski definition) is 3. The molecule has 0 spiro atoms. The molecule has 0 aromatic heterocycles. The van der Waals surface area contributed by atoms with Gasteiger partial charge in [-0.2, -0.15) is 0 Å². The van der Waals surface area contributed by atoms with Gasteiger partial charge < -0.3 is 15.5 Å². The van der Waals surface area contributed by atoms with E-state index in [0.29, 0.717) is 0 Å². The molecule has 86 valence electrons. The minimum absolute atomic E-state index is 0.0166. The monoisotopic (exact) mass is 217 g/mol. The summed E-state index contributed by atoms with van der Waals surface area (Å²) < 4.78 is 0. The fourth-order valence-corrected chi connectivity index (χ4v) is 1.24. The van der Waals surface area contributed by atoms with Crippen molar-refractivity contribution < 1.29 is 24.6 Å². The van der Waals surface area contributed by atoms with Crippen molar-refractivity contribution in [3.05, 3.63) is 0 Å². The molecule has 0 aliphatic rings. The van der Waals surface area contributed by atoms with Gasteiger partial charge in [0.15, 0.2) is 5.41 Å². The molecule has 0 aliphatic heterocycles. The summed E-state index contributed by atoms with van der Waals surface area (Å²) in [4.78, 5) is 32.3. The Morgan fingerprint density at radius 3 is 1.93 bits per heavy atom. The highest BCUT2D eigenvalue weighted by Gasteiger charge is 2.44. The number of hydrogen-bond donors (Lipinski definition) is 3. The van der Waals surface area contributed by atoms with Crippen LogP contribution < -0.4 is 5.32 Å². The number of carboxylic acids is 2. The van der Waals surface area contributed by atoms with E-state index in [9.17, 15) is 14.4 Å². The molecular weight excluding hydrogens is 202 g/mol. The molecule has 0 heterocycles. The Balaban J connectivity index is 4.57. The van der Waals surface area contributed by atoms with Gasteiger partial charge in [-0.1, -0.05) is 6.92 Å². The number of carboxylic acid groups (broad SMARTS) is 2. The molecular formula is C9H15NO5. The van der Waals surface area contributed by atoms with Gasteiger partial charge in [-0.15, -0.1) is 0 Å². The maximum Gasteiger partial charge on any atom is 0.321 e. The quantitative estimate of drug-likeness (QED) is 0.546. The minimum atomic E-state index is -1.80. The average molecular weight is 217 g/mol. The average Bonchev–Trinajstić information content (AvgIpc) is 2.10. The lowest BCUT2D eigenvalue weighted by Gasteiger charge is -2.22. The molecule has 0 rings (SSSR count). The fraction of sp³-hybridized carbons (Fsp3) is 0.667. The third-order valence-corrected chi connectivity index (χ3v) is 2.35. The van der Waals surface area contributed by atoms with E-state index in [1.165, 1.54) is 13.8 Å². The van der Waals surface area contributed by atoms with Crippen LogP contribution >= 0.6 is 0 Å². The van der Waals surface area contributed by atoms with Gasteiger partial charge >= 0.3 is 11.9 Å². The summed E-state index contributed by atoms with van der Waals surface area (Å²) in [6.45, 7) is 2.83. The van der Waals surface area contributed by atoms with Crippen molar-refractivity contribution in [1.29, 1.82) is 0 Å². The zero-order valence-electron chi connectivity index (χ0n) is 8.74. The molecule has 0 saturated heterocycles. The zero-order chi connectivity index (χ0) is 12.1. The van der Waals surface area contributed by atoms with Crippen LogP contribution in [0.5, 0.6) is 0 Å². The highest BCUT2D eigenvalue weighted by atomic mass is 16.4. The van der Waals surface area contributed by atoms with E-state index >= 15 is 0 Å². The lowest BCUT2D eigenvalue weighted by atomic mass is 9.82. The zero-order valence-corrected chi connectivity index (χ0v) is 8.74. The standard InChI is InChI=1S/C9H15NO5/c1-3-9(7(12)13,8(14)15)4-5-10-6(2)11/h3-5H2,1-2H3,(H,10,11)(H,12,13)(H,14,15). The Bertz CT molecular complexity index is 260. The smallest absolute Gasteiger partial charge is 0.321 e. The Morgan fingerprint density at radius 2 is 1.67 bits per heavy atom. The van der Waals surface area contributed by atoms with Crippen molar-refractivity contribution in [3.8, 4) is 0 Å². The number of rotatable bonds is 6. The summed E-state index contributed by atoms with van der Waals surface area (Å²) in [7, 11) is 0. The summed E-state index contributed by atoms with van der Waals surface area (Å²) in [5, 5.41) is 20.1. The van der Waals surface area contributed by atoms with Crippen molar-refractivity contribution in [2.75, 3.05) is 6.54 Å². The first-order valence-corrected chi connectivity index (χ1v) is 4.58. The minimum Gasteiger partial charge on any atom is -0.480 e. The van der Waals surface area contributed by atoms with Gasteiger partial charge in [0.05, 0.1) is 0 Å². The van der Waals surface area contributed by atoms with Crippen LogP contribution in [0.4, 0.5) is 0 Å². The van der Waals surface area contributed by atoms with Crippen molar-refractivity contribution in [2.24, 2.45) is 5.41 Å². The van der Waals surface area contributed by atoms with E-state index in [1.54, 1.807) is 0 Å². The third kappa shape index (κ3) is 3.23. The highest BCUT2D eigenvalue weighted by molar-refractivity contribution is 5.98. The molecule has 0 radical (unpaired) electrons. The second-order valence-electron chi connectivity index (χ2n) is 3.28. The molecule has 0 bridgehead atoms. The van der Waals surface area contributed by atoms with Crippen molar-refractivity contribution in [3.63, 3.8) is 0 Å². The molecule has 1 amide bonds. The summed E-state index contributed by atoms with van der Waals surface area (Å²) >= 11 is 0. The SMILES string of the molecule is CCC(CCNC(C)=O)(C(=O)O)C(=O)O. The molecule has 15 heavy (non-hydrogen) atoms. The maximum atomic E-state index is 10.9. The molecule has 6 nitrogen and oxygen atoms in total. The molecule has 0 saturated carbocycles. The van der Waals surface area contributed by atoms with Crippen LogP contribution in [0.3, 0.4) is 0 Å². The van der Waals surface area contributed by atoms with Gasteiger partial charge in [0.2, 0.25) is 5.91 Å². The molecule has 0 atom stereocenters. The van der Waals surface area contributed by atoms with Gasteiger partial charge in [-0.3, -0.25) is 14.4 Å². The predicted molar refractivity (Wildman–Crippen MR) is 51.3 cm³/mol. The van der Waals surface area contributed by atoms with E-state index < -0.39 is 17.4 Å². The Kier molecular flexibility index (Phi) is 4.77. The van der Waals surface area contributed by atoms with Crippen molar-refractivity contribution in [2.45, 2.75) is 26.7 Å². The van der Waals surface area contributed by atoms with E-state index in [0.717, 1.165) is 0 Å². The van der Waals surface area contributed by atoms with E-state index in [-0.39, 0.29) is 25.3 Å². The molecule has 0 unspecified atom stereocenters. The van der Waals surface area contributed by atoms with Crippen LogP contribution in [-0.4, -0.2) is 34.6 Å². The Labute approximate surface area is 87.3 Å². The Hall–Kier alpha value is -1.59. The largest absolute Gasteiger partial charge is 0.480 e. The summed E-state index contributed by atoms with van der Waals surface area (Å²) in [6.07, 6.45) is -0.134. The summed E-state index contributed by atoms with van der Waals surface area (Å²) in [5.41, 5.74) is -1.80. The maximum absolute atomic E-state index is 10.9. The molecule has 6 heteroatoms. The van der Waals surface area contributed by atoms with Crippen LogP contribution in [0.1, 0.15) is 26.7 Å². The van der Waals surface area contributed by atoms with Crippen LogP contribution in [0.2, 0.25) is 0 Å². The number of nitrogens with one attached hydrogen (secondary N) is 1. The topological polar surface area (TPSA) is 104 Å². The van der Waals surface area contributed by atoms with Gasteiger partial charge in [-0.05, 0) is 12.8 Å². The third-order valence-electron chi connectivity index (χ3n) is 2.35. The second kappa shape index (κ2) is 5.33. The fourth-order valence-electron chi connectivity index (χ4n) is 1.24. The van der Waals surface area contributed by atoms with E-state index in [1.807, 2.05) is 0 Å². The van der Waals surface area contributed by atoms with Gasteiger partial charge in [0.25, 0.3) is 0 Å². The van der Waals surface area contributed by atoms with E-state index in [4.69, 9.17) is 10.2 Å². The molecule has 0 aromatic rings. The van der Waals surface area contributed by atoms with Crippen molar-refractivity contribution in [1.82, 2.24) is 5.32 Å². The lowest BCUT2D eigenvalue weighted by Crippen LogP contribution is -2.41. The van der Waals surface area contributed by atoms with Crippen LogP contribution in [-0.2, 0) is 14.4 Å². The number of carbonyl (C=O) groups excluding carboxylic acids is 1. The van der Waals surface area contributed by atoms with E-state index in [2.05, 4.69) is 5.32 Å². The predicted octanol–water partition coefficient (Wildman–Crippen LogP) is 0.0782. The number of amides is 1. The Morgan fingerprint density at radius 1 is 1.20 bits per heavy atom. The van der Waals surface area contributed by atoms with Gasteiger partial charge in [-0.25, -0.2) is 0 Å². The second-order valence-corrected chi connectivity index (χ2v) is 3.28. The van der Waals surface area contributed by atoms with Crippen LogP contribution in [0, 0.1) is 5.41 Å². The number of carbonyl (C=O) groups is 3. The van der Waals surface area contributed by atoms with Crippen molar-refractivity contribution >= 4 is 17.8 Å².